The SMILES string of the molecule is COc1ccc([C@H](C)NC(=O)CCc2nc(-c3ccccc3Cl)no2)cc1. The van der Waals surface area contributed by atoms with Gasteiger partial charge in [-0.15, -0.1) is 0 Å². The number of nitrogens with zero attached hydrogens (tertiary/aromatic N) is 2. The van der Waals surface area contributed by atoms with Crippen molar-refractivity contribution in [3.05, 3.63) is 65.0 Å². The maximum absolute atomic E-state index is 12.2. The van der Waals surface area contributed by atoms with Gasteiger partial charge in [-0.25, -0.2) is 0 Å². The summed E-state index contributed by atoms with van der Waals surface area (Å²) >= 11 is 6.14. The first-order valence-corrected chi connectivity index (χ1v) is 8.95. The molecule has 0 aliphatic heterocycles. The van der Waals surface area contributed by atoms with Gasteiger partial charge in [0.1, 0.15) is 5.75 Å². The van der Waals surface area contributed by atoms with Crippen LogP contribution in [0.4, 0.5) is 0 Å². The minimum atomic E-state index is -0.107. The van der Waals surface area contributed by atoms with E-state index >= 15 is 0 Å². The molecule has 1 amide bonds. The van der Waals surface area contributed by atoms with Gasteiger partial charge in [-0.3, -0.25) is 4.79 Å². The van der Waals surface area contributed by atoms with Crippen LogP contribution < -0.4 is 10.1 Å². The molecule has 1 aromatic heterocycles. The van der Waals surface area contributed by atoms with Crippen molar-refractivity contribution in [1.82, 2.24) is 15.5 Å². The number of hydrogen-bond acceptors (Lipinski definition) is 5. The quantitative estimate of drug-likeness (QED) is 0.659. The normalized spacial score (nSPS) is 11.8. The largest absolute Gasteiger partial charge is 0.497 e. The Kier molecular flexibility index (Phi) is 6.08. The molecular formula is C20H20ClN3O3. The average Bonchev–Trinajstić information content (AvgIpc) is 3.15. The van der Waals surface area contributed by atoms with Crippen molar-refractivity contribution in [2.24, 2.45) is 0 Å². The third-order valence-corrected chi connectivity index (χ3v) is 4.47. The molecule has 0 aliphatic rings. The van der Waals surface area contributed by atoms with Crippen LogP contribution in [0.1, 0.15) is 30.8 Å². The number of aromatic nitrogens is 2. The van der Waals surface area contributed by atoms with E-state index in [4.69, 9.17) is 20.9 Å². The molecule has 1 atom stereocenters. The molecule has 0 saturated carbocycles. The van der Waals surface area contributed by atoms with Crippen LogP contribution in [-0.2, 0) is 11.2 Å². The summed E-state index contributed by atoms with van der Waals surface area (Å²) in [6.07, 6.45) is 0.614. The maximum atomic E-state index is 12.2. The third kappa shape index (κ3) is 4.86. The van der Waals surface area contributed by atoms with Crippen LogP contribution in [0.25, 0.3) is 11.4 Å². The molecule has 0 unspecified atom stereocenters. The molecule has 3 aromatic rings. The molecule has 0 bridgehead atoms. The number of methoxy groups -OCH3 is 1. The van der Waals surface area contributed by atoms with Crippen LogP contribution in [0.3, 0.4) is 0 Å². The fourth-order valence-electron chi connectivity index (χ4n) is 2.62. The van der Waals surface area contributed by atoms with Crippen molar-refractivity contribution in [2.45, 2.75) is 25.8 Å². The molecule has 2 aromatic carbocycles. The summed E-state index contributed by atoms with van der Waals surface area (Å²) in [4.78, 5) is 16.5. The van der Waals surface area contributed by atoms with Crippen LogP contribution in [-0.4, -0.2) is 23.2 Å². The summed E-state index contributed by atoms with van der Waals surface area (Å²) in [5.41, 5.74) is 1.70. The van der Waals surface area contributed by atoms with Crippen molar-refractivity contribution >= 4 is 17.5 Å². The Hall–Kier alpha value is -2.86. The van der Waals surface area contributed by atoms with Crippen LogP contribution >= 0.6 is 11.6 Å². The van der Waals surface area contributed by atoms with E-state index in [-0.39, 0.29) is 18.4 Å². The highest BCUT2D eigenvalue weighted by molar-refractivity contribution is 6.33. The lowest BCUT2D eigenvalue weighted by molar-refractivity contribution is -0.121. The topological polar surface area (TPSA) is 77.2 Å². The van der Waals surface area contributed by atoms with Crippen molar-refractivity contribution in [1.29, 1.82) is 0 Å². The molecule has 7 heteroatoms. The van der Waals surface area contributed by atoms with Gasteiger partial charge in [0.15, 0.2) is 0 Å². The van der Waals surface area contributed by atoms with E-state index < -0.39 is 0 Å². The minimum Gasteiger partial charge on any atom is -0.497 e. The lowest BCUT2D eigenvalue weighted by atomic mass is 10.1. The Morgan fingerprint density at radius 3 is 2.67 bits per heavy atom. The number of hydrogen-bond donors (Lipinski definition) is 1. The number of benzene rings is 2. The summed E-state index contributed by atoms with van der Waals surface area (Å²) in [7, 11) is 1.62. The van der Waals surface area contributed by atoms with E-state index in [0.29, 0.717) is 28.7 Å². The lowest BCUT2D eigenvalue weighted by Crippen LogP contribution is -2.26. The first-order chi connectivity index (χ1) is 13.1. The Morgan fingerprint density at radius 2 is 1.96 bits per heavy atom. The lowest BCUT2D eigenvalue weighted by Gasteiger charge is -2.14. The van der Waals surface area contributed by atoms with Gasteiger partial charge < -0.3 is 14.6 Å². The van der Waals surface area contributed by atoms with E-state index in [1.54, 1.807) is 13.2 Å². The molecule has 1 N–H and O–H groups in total. The van der Waals surface area contributed by atoms with Gasteiger partial charge >= 0.3 is 0 Å². The number of ether oxygens (including phenoxy) is 1. The first kappa shape index (κ1) is 18.9. The number of halogens is 1. The summed E-state index contributed by atoms with van der Waals surface area (Å²) in [5.74, 6) is 1.51. The summed E-state index contributed by atoms with van der Waals surface area (Å²) in [6.45, 7) is 1.93. The molecule has 0 fully saturated rings. The number of carbonyl (C=O) groups is 1. The predicted octanol–water partition coefficient (Wildman–Crippen LogP) is 4.21. The molecule has 0 saturated heterocycles. The molecule has 0 spiro atoms. The van der Waals surface area contributed by atoms with Crippen molar-refractivity contribution in [3.8, 4) is 17.1 Å². The second kappa shape index (κ2) is 8.68. The monoisotopic (exact) mass is 385 g/mol. The van der Waals surface area contributed by atoms with Gasteiger partial charge in [0, 0.05) is 18.4 Å². The van der Waals surface area contributed by atoms with Gasteiger partial charge in [-0.05, 0) is 36.8 Å². The fraction of sp³-hybridized carbons (Fsp3) is 0.250. The molecular weight excluding hydrogens is 366 g/mol. The number of carbonyl (C=O) groups excluding carboxylic acids is 1. The summed E-state index contributed by atoms with van der Waals surface area (Å²) in [5, 5.41) is 7.45. The van der Waals surface area contributed by atoms with Crippen LogP contribution in [0.5, 0.6) is 5.75 Å². The zero-order valence-electron chi connectivity index (χ0n) is 15.1. The van der Waals surface area contributed by atoms with Gasteiger partial charge in [0.25, 0.3) is 0 Å². The highest BCUT2D eigenvalue weighted by Crippen LogP contribution is 2.25. The van der Waals surface area contributed by atoms with Crippen molar-refractivity contribution < 1.29 is 14.1 Å². The predicted molar refractivity (Wildman–Crippen MR) is 103 cm³/mol. The van der Waals surface area contributed by atoms with Gasteiger partial charge in [-0.2, -0.15) is 4.98 Å². The standard InChI is InChI=1S/C20H20ClN3O3/c1-13(14-7-9-15(26-2)10-8-14)22-18(25)11-12-19-23-20(24-27-19)16-5-3-4-6-17(16)21/h3-10,13H,11-12H2,1-2H3,(H,22,25)/t13-/m0/s1. The molecule has 6 nitrogen and oxygen atoms in total. The maximum Gasteiger partial charge on any atom is 0.227 e. The number of amides is 1. The molecule has 0 radical (unpaired) electrons. The zero-order valence-corrected chi connectivity index (χ0v) is 15.9. The summed E-state index contributed by atoms with van der Waals surface area (Å²) < 4.78 is 10.4. The Bertz CT molecular complexity index is 909. The number of aryl methyl sites for hydroxylation is 1. The second-order valence-electron chi connectivity index (χ2n) is 6.05. The highest BCUT2D eigenvalue weighted by Gasteiger charge is 2.14. The van der Waals surface area contributed by atoms with E-state index in [1.165, 1.54) is 0 Å². The Morgan fingerprint density at radius 1 is 1.22 bits per heavy atom. The second-order valence-corrected chi connectivity index (χ2v) is 6.46. The highest BCUT2D eigenvalue weighted by atomic mass is 35.5. The van der Waals surface area contributed by atoms with Gasteiger partial charge in [0.05, 0.1) is 18.2 Å². The van der Waals surface area contributed by atoms with Crippen molar-refractivity contribution in [2.75, 3.05) is 7.11 Å². The van der Waals surface area contributed by atoms with E-state index in [1.807, 2.05) is 49.4 Å². The van der Waals surface area contributed by atoms with Crippen LogP contribution in [0.2, 0.25) is 5.02 Å². The van der Waals surface area contributed by atoms with Crippen LogP contribution in [0, 0.1) is 0 Å². The number of nitrogens with one attached hydrogen (secondary N) is 1. The van der Waals surface area contributed by atoms with Crippen LogP contribution in [0.15, 0.2) is 53.1 Å². The fourth-order valence-corrected chi connectivity index (χ4v) is 2.84. The third-order valence-electron chi connectivity index (χ3n) is 4.14. The number of rotatable bonds is 7. The van der Waals surface area contributed by atoms with E-state index in [2.05, 4.69) is 15.5 Å². The zero-order chi connectivity index (χ0) is 19.2. The molecule has 0 aliphatic carbocycles. The molecule has 1 heterocycles. The smallest absolute Gasteiger partial charge is 0.227 e. The van der Waals surface area contributed by atoms with E-state index in [9.17, 15) is 4.79 Å². The molecule has 140 valence electrons. The molecule has 27 heavy (non-hydrogen) atoms. The first-order valence-electron chi connectivity index (χ1n) is 8.57. The Labute approximate surface area is 162 Å². The van der Waals surface area contributed by atoms with E-state index in [0.717, 1.165) is 11.3 Å². The van der Waals surface area contributed by atoms with Crippen molar-refractivity contribution in [3.63, 3.8) is 0 Å². The summed E-state index contributed by atoms with van der Waals surface area (Å²) in [6, 6.07) is 14.8. The van der Waals surface area contributed by atoms with Gasteiger partial charge in [-0.1, -0.05) is 41.0 Å². The van der Waals surface area contributed by atoms with Gasteiger partial charge in [0.2, 0.25) is 17.6 Å². The Balaban J connectivity index is 1.54. The average molecular weight is 386 g/mol. The minimum absolute atomic E-state index is 0.0872. The molecule has 3 rings (SSSR count).